The molecule has 0 heterocycles. The number of halogens is 3. The molecule has 0 N–H and O–H groups in total. The fourth-order valence-electron chi connectivity index (χ4n) is 4.29. The molecule has 0 amide bonds. The summed E-state index contributed by atoms with van der Waals surface area (Å²) < 4.78 is 40.5. The number of alkyl halides is 3. The van der Waals surface area contributed by atoms with E-state index in [1.165, 1.54) is 12.1 Å². The molecule has 0 spiro atoms. The molecule has 1 aromatic rings. The highest BCUT2D eigenvalue weighted by atomic mass is 19.4. The summed E-state index contributed by atoms with van der Waals surface area (Å²) in [5.41, 5.74) is 1.09. The van der Waals surface area contributed by atoms with E-state index in [0.717, 1.165) is 50.4 Å². The molecule has 126 valence electrons. The van der Waals surface area contributed by atoms with Crippen molar-refractivity contribution in [3.8, 4) is 5.75 Å². The fraction of sp³-hybridized carbons (Fsp3) is 0.611. The van der Waals surface area contributed by atoms with E-state index in [2.05, 4.69) is 4.74 Å². The molecule has 1 unspecified atom stereocenters. The van der Waals surface area contributed by atoms with Crippen molar-refractivity contribution in [2.24, 2.45) is 17.8 Å². The van der Waals surface area contributed by atoms with Crippen molar-refractivity contribution in [1.82, 2.24) is 0 Å². The van der Waals surface area contributed by atoms with Crippen LogP contribution in [0.2, 0.25) is 0 Å². The van der Waals surface area contributed by atoms with Crippen molar-refractivity contribution in [1.29, 1.82) is 0 Å². The third kappa shape index (κ3) is 4.06. The predicted octanol–water partition coefficient (Wildman–Crippen LogP) is 5.08. The monoisotopic (exact) mass is 326 g/mol. The van der Waals surface area contributed by atoms with E-state index in [1.54, 1.807) is 12.1 Å². The zero-order valence-electron chi connectivity index (χ0n) is 12.9. The van der Waals surface area contributed by atoms with Crippen molar-refractivity contribution < 1.29 is 22.7 Å². The summed E-state index contributed by atoms with van der Waals surface area (Å²) in [6, 6.07) is 6.31. The van der Waals surface area contributed by atoms with Crippen LogP contribution >= 0.6 is 0 Å². The van der Waals surface area contributed by atoms with Gasteiger partial charge in [-0.2, -0.15) is 0 Å². The summed E-state index contributed by atoms with van der Waals surface area (Å²) >= 11 is 0. The molecule has 2 aliphatic rings. The summed E-state index contributed by atoms with van der Waals surface area (Å²) in [5, 5.41) is 0. The number of fused-ring (bicyclic) bond motifs is 1. The Kier molecular flexibility index (Phi) is 4.64. The number of carbonyl (C=O) groups is 1. The van der Waals surface area contributed by atoms with E-state index in [9.17, 15) is 18.0 Å². The van der Waals surface area contributed by atoms with Gasteiger partial charge in [0.2, 0.25) is 0 Å². The van der Waals surface area contributed by atoms with Crippen molar-refractivity contribution in [2.45, 2.75) is 50.8 Å². The normalized spacial score (nSPS) is 31.3. The van der Waals surface area contributed by atoms with Crippen LogP contribution in [0.5, 0.6) is 5.75 Å². The third-order valence-corrected chi connectivity index (χ3v) is 5.43. The average molecular weight is 326 g/mol. The molecule has 2 fully saturated rings. The lowest BCUT2D eigenvalue weighted by Gasteiger charge is -2.41. The molecule has 0 radical (unpaired) electrons. The number of aldehydes is 1. The van der Waals surface area contributed by atoms with E-state index >= 15 is 0 Å². The van der Waals surface area contributed by atoms with Gasteiger partial charge < -0.3 is 9.53 Å². The van der Waals surface area contributed by atoms with E-state index in [4.69, 9.17) is 0 Å². The van der Waals surface area contributed by atoms with Crippen LogP contribution in [0.3, 0.4) is 0 Å². The van der Waals surface area contributed by atoms with Gasteiger partial charge in [0.15, 0.2) is 0 Å². The lowest BCUT2D eigenvalue weighted by molar-refractivity contribution is -0.274. The van der Waals surface area contributed by atoms with E-state index in [1.807, 2.05) is 0 Å². The van der Waals surface area contributed by atoms with Gasteiger partial charge in [-0.25, -0.2) is 0 Å². The van der Waals surface area contributed by atoms with Gasteiger partial charge in [-0.05, 0) is 74.0 Å². The third-order valence-electron chi connectivity index (χ3n) is 5.43. The van der Waals surface area contributed by atoms with Gasteiger partial charge in [0.25, 0.3) is 0 Å². The van der Waals surface area contributed by atoms with Gasteiger partial charge >= 0.3 is 6.36 Å². The molecular formula is C18H21F3O2. The zero-order chi connectivity index (χ0) is 16.4. The molecule has 0 aliphatic heterocycles. The van der Waals surface area contributed by atoms with E-state index in [0.29, 0.717) is 17.8 Å². The lowest BCUT2D eigenvalue weighted by Crippen LogP contribution is -2.30. The van der Waals surface area contributed by atoms with Gasteiger partial charge in [-0.1, -0.05) is 12.1 Å². The van der Waals surface area contributed by atoms with E-state index in [-0.39, 0.29) is 11.7 Å². The highest BCUT2D eigenvalue weighted by Crippen LogP contribution is 2.47. The summed E-state index contributed by atoms with van der Waals surface area (Å²) in [6.45, 7) is 0. The van der Waals surface area contributed by atoms with Crippen molar-refractivity contribution >= 4 is 6.29 Å². The first kappa shape index (κ1) is 16.3. The molecule has 2 nitrogen and oxygen atoms in total. The molecule has 0 bridgehead atoms. The summed E-state index contributed by atoms with van der Waals surface area (Å²) in [4.78, 5) is 11.0. The van der Waals surface area contributed by atoms with Crippen molar-refractivity contribution in [3.63, 3.8) is 0 Å². The Morgan fingerprint density at radius 1 is 0.957 bits per heavy atom. The largest absolute Gasteiger partial charge is 0.573 e. The standard InChI is InChI=1S/C18H21F3O2/c19-18(20,21)23-17-7-5-13(6-8-17)15-4-3-14-9-12(11-22)1-2-16(14)10-15/h5-8,11-12,14-16H,1-4,9-10H2/t12-,14-,15?,16-/m1/s1. The van der Waals surface area contributed by atoms with Crippen LogP contribution in [0.4, 0.5) is 13.2 Å². The van der Waals surface area contributed by atoms with Gasteiger partial charge in [-0.3, -0.25) is 0 Å². The van der Waals surface area contributed by atoms with E-state index < -0.39 is 6.36 Å². The first-order chi connectivity index (χ1) is 10.9. The SMILES string of the molecule is O=C[C@@H]1CC[C@@H]2CC(c3ccc(OC(F)(F)F)cc3)CC[C@@H]2C1. The predicted molar refractivity (Wildman–Crippen MR) is 80.1 cm³/mol. The van der Waals surface area contributed by atoms with Crippen LogP contribution in [0.15, 0.2) is 24.3 Å². The van der Waals surface area contributed by atoms with Crippen molar-refractivity contribution in [3.05, 3.63) is 29.8 Å². The van der Waals surface area contributed by atoms with Crippen LogP contribution in [0.1, 0.15) is 50.0 Å². The Balaban J connectivity index is 1.61. The highest BCUT2D eigenvalue weighted by molar-refractivity contribution is 5.53. The molecule has 3 rings (SSSR count). The minimum Gasteiger partial charge on any atom is -0.406 e. The first-order valence-corrected chi connectivity index (χ1v) is 8.25. The van der Waals surface area contributed by atoms with Crippen molar-refractivity contribution in [2.75, 3.05) is 0 Å². The Hall–Kier alpha value is -1.52. The maximum absolute atomic E-state index is 12.2. The number of hydrogen-bond donors (Lipinski definition) is 0. The molecule has 2 saturated carbocycles. The number of ether oxygens (including phenoxy) is 1. The average Bonchev–Trinajstić information content (AvgIpc) is 2.53. The number of benzene rings is 1. The molecule has 4 atom stereocenters. The molecular weight excluding hydrogens is 305 g/mol. The van der Waals surface area contributed by atoms with Gasteiger partial charge in [0, 0.05) is 5.92 Å². The number of carbonyl (C=O) groups excluding carboxylic acids is 1. The summed E-state index contributed by atoms with van der Waals surface area (Å²) in [7, 11) is 0. The second-order valence-electron chi connectivity index (χ2n) is 6.86. The van der Waals surface area contributed by atoms with Crippen LogP contribution in [0, 0.1) is 17.8 Å². The summed E-state index contributed by atoms with van der Waals surface area (Å²) in [5.74, 6) is 1.76. The Morgan fingerprint density at radius 2 is 1.61 bits per heavy atom. The van der Waals surface area contributed by atoms with Gasteiger partial charge in [0.1, 0.15) is 12.0 Å². The van der Waals surface area contributed by atoms with Gasteiger partial charge in [-0.15, -0.1) is 13.2 Å². The molecule has 2 aliphatic carbocycles. The first-order valence-electron chi connectivity index (χ1n) is 8.25. The zero-order valence-corrected chi connectivity index (χ0v) is 12.9. The number of hydrogen-bond acceptors (Lipinski definition) is 2. The second kappa shape index (κ2) is 6.54. The van der Waals surface area contributed by atoms with Gasteiger partial charge in [0.05, 0.1) is 0 Å². The highest BCUT2D eigenvalue weighted by Gasteiger charge is 2.36. The molecule has 1 aromatic carbocycles. The van der Waals surface area contributed by atoms with Crippen LogP contribution < -0.4 is 4.74 Å². The minimum atomic E-state index is -4.64. The fourth-order valence-corrected chi connectivity index (χ4v) is 4.29. The van der Waals surface area contributed by atoms with Crippen LogP contribution in [-0.4, -0.2) is 12.6 Å². The molecule has 0 aromatic heterocycles. The lowest BCUT2D eigenvalue weighted by atomic mass is 9.64. The molecule has 23 heavy (non-hydrogen) atoms. The topological polar surface area (TPSA) is 26.3 Å². The van der Waals surface area contributed by atoms with Crippen LogP contribution in [-0.2, 0) is 4.79 Å². The molecule has 0 saturated heterocycles. The smallest absolute Gasteiger partial charge is 0.406 e. The quantitative estimate of drug-likeness (QED) is 0.724. The summed E-state index contributed by atoms with van der Waals surface area (Å²) in [6.07, 6.45) is 2.79. The Labute approximate surface area is 134 Å². The maximum atomic E-state index is 12.2. The Morgan fingerprint density at radius 3 is 2.26 bits per heavy atom. The second-order valence-corrected chi connectivity index (χ2v) is 6.86. The number of rotatable bonds is 3. The minimum absolute atomic E-state index is 0.165. The maximum Gasteiger partial charge on any atom is 0.573 e. The van der Waals surface area contributed by atoms with Crippen LogP contribution in [0.25, 0.3) is 0 Å². The Bertz CT molecular complexity index is 538. The molecule has 5 heteroatoms.